The van der Waals surface area contributed by atoms with E-state index in [0.717, 1.165) is 11.1 Å². The number of hydrogen-bond acceptors (Lipinski definition) is 4. The highest BCUT2D eigenvalue weighted by Crippen LogP contribution is 2.12. The predicted molar refractivity (Wildman–Crippen MR) is 148 cm³/mol. The van der Waals surface area contributed by atoms with E-state index in [1.54, 1.807) is 24.3 Å². The fraction of sp³-hybridized carbons (Fsp3) is 0.125. The summed E-state index contributed by atoms with van der Waals surface area (Å²) in [5.74, 6) is 33.5. The molecule has 0 spiro atoms. The van der Waals surface area contributed by atoms with Crippen molar-refractivity contribution in [1.82, 2.24) is 0 Å². The molecule has 0 saturated heterocycles. The summed E-state index contributed by atoms with van der Waals surface area (Å²) in [4.78, 5) is 20.6. The maximum absolute atomic E-state index is 10.7. The van der Waals surface area contributed by atoms with Crippen LogP contribution in [0.4, 0.5) is 11.4 Å². The molecule has 182 valence electrons. The Labute approximate surface area is 222 Å². The van der Waals surface area contributed by atoms with Gasteiger partial charge in [0.2, 0.25) is 0 Å². The van der Waals surface area contributed by atoms with Crippen LogP contribution in [0.2, 0.25) is 0 Å². The molecule has 0 aromatic heterocycles. The third-order valence-electron chi connectivity index (χ3n) is 4.51. The van der Waals surface area contributed by atoms with Gasteiger partial charge >= 0.3 is 0 Å². The molecule has 2 aromatic carbocycles. The summed E-state index contributed by atoms with van der Waals surface area (Å²) in [5, 5.41) is 21.5. The molecular formula is C32H20N2O4. The lowest BCUT2D eigenvalue weighted by molar-refractivity contribution is -0.385. The number of hydrogen-bond donors (Lipinski definition) is 0. The number of benzene rings is 2. The lowest BCUT2D eigenvalue weighted by Crippen LogP contribution is -1.87. The van der Waals surface area contributed by atoms with Crippen LogP contribution >= 0.6 is 0 Å². The molecule has 0 aliphatic rings. The molecule has 38 heavy (non-hydrogen) atoms. The summed E-state index contributed by atoms with van der Waals surface area (Å²) in [7, 11) is 0. The van der Waals surface area contributed by atoms with Crippen LogP contribution in [0, 0.1) is 91.3 Å². The Morgan fingerprint density at radius 1 is 0.526 bits per heavy atom. The van der Waals surface area contributed by atoms with Gasteiger partial charge in [0.1, 0.15) is 0 Å². The highest BCUT2D eigenvalue weighted by Gasteiger charge is 2.03. The van der Waals surface area contributed by atoms with Crippen LogP contribution in [0.25, 0.3) is 0 Å². The van der Waals surface area contributed by atoms with Crippen LogP contribution in [-0.4, -0.2) is 9.85 Å². The lowest BCUT2D eigenvalue weighted by Gasteiger charge is -1.92. The minimum Gasteiger partial charge on any atom is -0.258 e. The van der Waals surface area contributed by atoms with Crippen molar-refractivity contribution < 1.29 is 9.85 Å². The van der Waals surface area contributed by atoms with Crippen LogP contribution in [0.1, 0.15) is 38.8 Å². The summed E-state index contributed by atoms with van der Waals surface area (Å²) in [6.45, 7) is 7.51. The van der Waals surface area contributed by atoms with Crippen molar-refractivity contribution in [3.8, 4) is 71.0 Å². The third-order valence-corrected chi connectivity index (χ3v) is 4.51. The predicted octanol–water partition coefficient (Wildman–Crippen LogP) is 5.59. The minimum absolute atomic E-state index is 0.00565. The van der Waals surface area contributed by atoms with Crippen molar-refractivity contribution in [2.24, 2.45) is 0 Å². The smallest absolute Gasteiger partial charge is 0.258 e. The Balaban J connectivity index is 2.08. The van der Waals surface area contributed by atoms with Crippen molar-refractivity contribution >= 4 is 11.4 Å². The first-order valence-corrected chi connectivity index (χ1v) is 11.1. The van der Waals surface area contributed by atoms with E-state index < -0.39 is 9.85 Å². The van der Waals surface area contributed by atoms with Crippen LogP contribution in [0.3, 0.4) is 0 Å². The SMILES string of the molecule is CC(C)=C(C#CC#CC#CC#CC(C#Cc1ccc([N+](=O)[O-])cc1)=C(C)C)C#Cc1ccc([N+](=O)[O-])cc1. The van der Waals surface area contributed by atoms with Crippen LogP contribution < -0.4 is 0 Å². The summed E-state index contributed by atoms with van der Waals surface area (Å²) >= 11 is 0. The molecule has 0 amide bonds. The van der Waals surface area contributed by atoms with Gasteiger partial charge in [-0.1, -0.05) is 34.8 Å². The highest BCUT2D eigenvalue weighted by atomic mass is 16.6. The second-order valence-corrected chi connectivity index (χ2v) is 7.86. The molecular weight excluding hydrogens is 476 g/mol. The van der Waals surface area contributed by atoms with E-state index in [-0.39, 0.29) is 11.4 Å². The zero-order valence-corrected chi connectivity index (χ0v) is 21.1. The Bertz CT molecular complexity index is 1560. The molecule has 0 fully saturated rings. The van der Waals surface area contributed by atoms with Gasteiger partial charge in [-0.05, 0) is 99.3 Å². The van der Waals surface area contributed by atoms with Crippen molar-refractivity contribution in [3.05, 3.63) is 102 Å². The molecule has 0 radical (unpaired) electrons. The second kappa shape index (κ2) is 14.5. The summed E-state index contributed by atoms with van der Waals surface area (Å²) in [6.07, 6.45) is 0. The van der Waals surface area contributed by atoms with Gasteiger partial charge in [0.05, 0.1) is 21.0 Å². The lowest BCUT2D eigenvalue weighted by atomic mass is 10.1. The van der Waals surface area contributed by atoms with E-state index in [0.29, 0.717) is 22.3 Å². The first kappa shape index (κ1) is 28.3. The Morgan fingerprint density at radius 3 is 1.13 bits per heavy atom. The summed E-state index contributed by atoms with van der Waals surface area (Å²) in [6, 6.07) is 11.9. The number of nitro benzene ring substituents is 2. The zero-order valence-electron chi connectivity index (χ0n) is 21.1. The molecule has 0 atom stereocenters. The van der Waals surface area contributed by atoms with Crippen molar-refractivity contribution in [1.29, 1.82) is 0 Å². The van der Waals surface area contributed by atoms with Gasteiger partial charge in [0.15, 0.2) is 0 Å². The molecule has 0 aliphatic carbocycles. The molecule has 2 rings (SSSR count). The minimum atomic E-state index is -0.462. The maximum atomic E-state index is 10.7. The largest absolute Gasteiger partial charge is 0.269 e. The Morgan fingerprint density at radius 2 is 0.842 bits per heavy atom. The molecule has 6 nitrogen and oxygen atoms in total. The second-order valence-electron chi connectivity index (χ2n) is 7.86. The molecule has 0 aliphatic heterocycles. The highest BCUT2D eigenvalue weighted by molar-refractivity contribution is 5.55. The molecule has 6 heteroatoms. The maximum Gasteiger partial charge on any atom is 0.269 e. The van der Waals surface area contributed by atoms with Gasteiger partial charge in [-0.3, -0.25) is 20.2 Å². The molecule has 0 heterocycles. The van der Waals surface area contributed by atoms with Gasteiger partial charge in [-0.15, -0.1) is 0 Å². The summed E-state index contributed by atoms with van der Waals surface area (Å²) in [5.41, 5.74) is 4.32. The Hall–Kier alpha value is -5.92. The van der Waals surface area contributed by atoms with E-state index in [1.165, 1.54) is 24.3 Å². The Kier molecular flexibility index (Phi) is 10.8. The van der Waals surface area contributed by atoms with Gasteiger partial charge in [-0.25, -0.2) is 0 Å². The number of nitrogens with zero attached hydrogens (tertiary/aromatic N) is 2. The van der Waals surface area contributed by atoms with Crippen LogP contribution in [0.5, 0.6) is 0 Å². The first-order chi connectivity index (χ1) is 18.2. The van der Waals surface area contributed by atoms with E-state index in [2.05, 4.69) is 71.0 Å². The monoisotopic (exact) mass is 496 g/mol. The van der Waals surface area contributed by atoms with Gasteiger partial charge < -0.3 is 0 Å². The molecule has 0 N–H and O–H groups in total. The van der Waals surface area contributed by atoms with E-state index >= 15 is 0 Å². The van der Waals surface area contributed by atoms with Crippen molar-refractivity contribution in [3.63, 3.8) is 0 Å². The van der Waals surface area contributed by atoms with Crippen molar-refractivity contribution in [2.45, 2.75) is 27.7 Å². The first-order valence-electron chi connectivity index (χ1n) is 11.1. The normalized spacial score (nSPS) is 8.21. The van der Waals surface area contributed by atoms with E-state index in [9.17, 15) is 20.2 Å². The van der Waals surface area contributed by atoms with Gasteiger partial charge in [-0.2, -0.15) is 0 Å². The average molecular weight is 497 g/mol. The topological polar surface area (TPSA) is 86.3 Å². The summed E-state index contributed by atoms with van der Waals surface area (Å²) < 4.78 is 0. The number of allylic oxidation sites excluding steroid dienone is 4. The number of non-ortho nitro benzene ring substituents is 2. The van der Waals surface area contributed by atoms with Gasteiger partial charge in [0.25, 0.3) is 11.4 Å². The quantitative estimate of drug-likeness (QED) is 0.308. The number of rotatable bonds is 2. The van der Waals surface area contributed by atoms with E-state index in [4.69, 9.17) is 0 Å². The zero-order chi connectivity index (χ0) is 27.9. The average Bonchev–Trinajstić information content (AvgIpc) is 2.89. The molecule has 2 aromatic rings. The number of nitro groups is 2. The fourth-order valence-corrected chi connectivity index (χ4v) is 2.48. The molecule has 0 bridgehead atoms. The third kappa shape index (κ3) is 9.75. The molecule has 0 unspecified atom stereocenters. The molecule has 0 saturated carbocycles. The van der Waals surface area contributed by atoms with Crippen molar-refractivity contribution in [2.75, 3.05) is 0 Å². The van der Waals surface area contributed by atoms with Gasteiger partial charge in [0, 0.05) is 35.4 Å². The van der Waals surface area contributed by atoms with E-state index in [1.807, 2.05) is 27.7 Å². The fourth-order valence-electron chi connectivity index (χ4n) is 2.48. The van der Waals surface area contributed by atoms with Crippen LogP contribution in [0.15, 0.2) is 70.8 Å². The van der Waals surface area contributed by atoms with Crippen LogP contribution in [-0.2, 0) is 0 Å². The standard InChI is InChI=1S/C32H20N2O4/c1-25(2)29(19-13-27-15-21-31(22-16-27)33(35)36)11-9-7-5-6-8-10-12-30(26(3)4)20-14-28-17-23-32(24-18-28)34(37)38/h15-18,21-24H,1-4H3.